The summed E-state index contributed by atoms with van der Waals surface area (Å²) in [5.41, 5.74) is -1.21. The Labute approximate surface area is 192 Å². The Balaban J connectivity index is 2.14. The highest BCUT2D eigenvalue weighted by atomic mass is 19.2. The Hall–Kier alpha value is -2.73. The molecule has 1 saturated heterocycles. The number of nitrogens with one attached hydrogen (secondary N) is 1. The summed E-state index contributed by atoms with van der Waals surface area (Å²) in [4.78, 5) is 26.7. The van der Waals surface area contributed by atoms with Crippen molar-refractivity contribution in [2.45, 2.75) is 64.0 Å². The number of halogens is 3. The van der Waals surface area contributed by atoms with E-state index in [1.165, 1.54) is 4.90 Å². The van der Waals surface area contributed by atoms with Crippen LogP contribution in [-0.4, -0.2) is 54.8 Å². The van der Waals surface area contributed by atoms with E-state index in [4.69, 9.17) is 15.9 Å². The molecule has 6 nitrogen and oxygen atoms in total. The first-order valence-electron chi connectivity index (χ1n) is 11.0. The zero-order chi connectivity index (χ0) is 24.6. The van der Waals surface area contributed by atoms with E-state index in [0.29, 0.717) is 19.6 Å². The molecule has 0 radical (unpaired) electrons. The first-order chi connectivity index (χ1) is 15.5. The van der Waals surface area contributed by atoms with Gasteiger partial charge < -0.3 is 19.7 Å². The maximum absolute atomic E-state index is 14.5. The molecule has 2 unspecified atom stereocenters. The van der Waals surface area contributed by atoms with Crippen molar-refractivity contribution in [1.29, 1.82) is 0 Å². The fourth-order valence-corrected chi connectivity index (χ4v) is 3.75. The Kier molecular flexibility index (Phi) is 9.59. The molecule has 0 spiro atoms. The maximum atomic E-state index is 14.5. The number of likely N-dealkylation sites (tertiary alicyclic amines) is 1. The SMILES string of the molecule is C#CCOCCCCCN1CC(c2c(F)ccc(F)c2F)CC(NC(=O)OC(C)(C)C)C1=O. The van der Waals surface area contributed by atoms with Crippen LogP contribution in [0.1, 0.15) is 57.9 Å². The molecule has 1 aromatic carbocycles. The number of hydrogen-bond acceptors (Lipinski definition) is 4. The number of amides is 2. The number of rotatable bonds is 9. The van der Waals surface area contributed by atoms with Crippen molar-refractivity contribution in [3.63, 3.8) is 0 Å². The lowest BCUT2D eigenvalue weighted by molar-refractivity contribution is -0.136. The van der Waals surface area contributed by atoms with Crippen LogP contribution < -0.4 is 5.32 Å². The van der Waals surface area contributed by atoms with Crippen molar-refractivity contribution in [3.8, 4) is 12.3 Å². The van der Waals surface area contributed by atoms with E-state index in [0.717, 1.165) is 25.0 Å². The number of benzene rings is 1. The molecule has 1 heterocycles. The van der Waals surface area contributed by atoms with Crippen LogP contribution in [0.25, 0.3) is 0 Å². The van der Waals surface area contributed by atoms with Gasteiger partial charge in [-0.05, 0) is 58.6 Å². The molecule has 2 rings (SSSR count). The zero-order valence-electron chi connectivity index (χ0n) is 19.3. The highest BCUT2D eigenvalue weighted by molar-refractivity contribution is 5.86. The monoisotopic (exact) mass is 468 g/mol. The van der Waals surface area contributed by atoms with Crippen LogP contribution >= 0.6 is 0 Å². The second-order valence-electron chi connectivity index (χ2n) is 8.99. The van der Waals surface area contributed by atoms with Crippen molar-refractivity contribution in [2.24, 2.45) is 0 Å². The lowest BCUT2D eigenvalue weighted by atomic mass is 9.86. The van der Waals surface area contributed by atoms with Crippen LogP contribution in [0, 0.1) is 29.8 Å². The minimum Gasteiger partial charge on any atom is -0.444 e. The van der Waals surface area contributed by atoms with Crippen LogP contribution in [0.2, 0.25) is 0 Å². The smallest absolute Gasteiger partial charge is 0.408 e. The number of unbranched alkanes of at least 4 members (excludes halogenated alkanes) is 2. The van der Waals surface area contributed by atoms with Crippen molar-refractivity contribution in [1.82, 2.24) is 10.2 Å². The Morgan fingerprint density at radius 3 is 2.58 bits per heavy atom. The Morgan fingerprint density at radius 1 is 1.21 bits per heavy atom. The molecule has 2 atom stereocenters. The third-order valence-electron chi connectivity index (χ3n) is 5.15. The number of alkyl carbamates (subject to hydrolysis) is 1. The predicted octanol–water partition coefficient (Wildman–Crippen LogP) is 4.13. The molecular formula is C24H31F3N2O4. The summed E-state index contributed by atoms with van der Waals surface area (Å²) in [6.45, 7) is 6.07. The molecule has 1 aliphatic rings. The second-order valence-corrected chi connectivity index (χ2v) is 8.99. The highest BCUT2D eigenvalue weighted by Crippen LogP contribution is 2.32. The summed E-state index contributed by atoms with van der Waals surface area (Å²) in [6.07, 6.45) is 6.32. The number of ether oxygens (including phenoxy) is 2. The molecular weight excluding hydrogens is 437 g/mol. The minimum absolute atomic E-state index is 0.0101. The fraction of sp³-hybridized carbons (Fsp3) is 0.583. The first-order valence-corrected chi connectivity index (χ1v) is 11.0. The average Bonchev–Trinajstić information content (AvgIpc) is 2.72. The third-order valence-corrected chi connectivity index (χ3v) is 5.15. The number of nitrogens with zero attached hydrogens (tertiary/aromatic N) is 1. The van der Waals surface area contributed by atoms with E-state index >= 15 is 0 Å². The van der Waals surface area contributed by atoms with E-state index in [1.807, 2.05) is 0 Å². The molecule has 0 bridgehead atoms. The van der Waals surface area contributed by atoms with E-state index in [2.05, 4.69) is 11.2 Å². The largest absolute Gasteiger partial charge is 0.444 e. The van der Waals surface area contributed by atoms with Gasteiger partial charge in [-0.1, -0.05) is 5.92 Å². The quantitative estimate of drug-likeness (QED) is 0.336. The van der Waals surface area contributed by atoms with Gasteiger partial charge in [-0.3, -0.25) is 4.79 Å². The van der Waals surface area contributed by atoms with Crippen LogP contribution in [0.5, 0.6) is 0 Å². The maximum Gasteiger partial charge on any atom is 0.408 e. The molecule has 1 N–H and O–H groups in total. The van der Waals surface area contributed by atoms with Gasteiger partial charge in [-0.2, -0.15) is 0 Å². The van der Waals surface area contributed by atoms with Gasteiger partial charge >= 0.3 is 6.09 Å². The molecule has 0 aromatic heterocycles. The van der Waals surface area contributed by atoms with Gasteiger partial charge in [0.1, 0.15) is 24.1 Å². The van der Waals surface area contributed by atoms with Gasteiger partial charge in [0.05, 0.1) is 0 Å². The van der Waals surface area contributed by atoms with Crippen LogP contribution in [-0.2, 0) is 14.3 Å². The molecule has 1 aliphatic heterocycles. The molecule has 2 amide bonds. The standard InChI is InChI=1S/C24H31F3N2O4/c1-5-12-32-13-8-6-7-11-29-15-16(20-17(25)9-10-18(26)21(20)27)14-19(22(29)30)28-23(31)33-24(2,3)4/h1,9-10,16,19H,6-8,11-15H2,2-4H3,(H,28,31). The summed E-state index contributed by atoms with van der Waals surface area (Å²) < 4.78 is 53.2. The predicted molar refractivity (Wildman–Crippen MR) is 117 cm³/mol. The zero-order valence-corrected chi connectivity index (χ0v) is 19.3. The number of hydrogen-bond donors (Lipinski definition) is 1. The molecule has 0 aliphatic carbocycles. The van der Waals surface area contributed by atoms with Crippen LogP contribution in [0.4, 0.5) is 18.0 Å². The van der Waals surface area contributed by atoms with E-state index in [-0.39, 0.29) is 25.5 Å². The molecule has 1 fully saturated rings. The summed E-state index contributed by atoms with van der Waals surface area (Å²) in [7, 11) is 0. The van der Waals surface area contributed by atoms with Gasteiger partial charge in [0.15, 0.2) is 11.6 Å². The van der Waals surface area contributed by atoms with Gasteiger partial charge in [-0.25, -0.2) is 18.0 Å². The molecule has 1 aromatic rings. The number of terminal acetylenes is 1. The Bertz CT molecular complexity index is 880. The number of carbonyl (C=O) groups is 2. The third kappa shape index (κ3) is 7.97. The number of carbonyl (C=O) groups excluding carboxylic acids is 2. The normalized spacial score (nSPS) is 18.7. The summed E-state index contributed by atoms with van der Waals surface area (Å²) >= 11 is 0. The summed E-state index contributed by atoms with van der Waals surface area (Å²) in [5.74, 6) is -2.18. The van der Waals surface area contributed by atoms with Crippen molar-refractivity contribution in [3.05, 3.63) is 35.1 Å². The fourth-order valence-electron chi connectivity index (χ4n) is 3.75. The van der Waals surface area contributed by atoms with Gasteiger partial charge in [0.2, 0.25) is 5.91 Å². The van der Waals surface area contributed by atoms with Crippen molar-refractivity contribution < 1.29 is 32.2 Å². The lowest BCUT2D eigenvalue weighted by Gasteiger charge is -2.38. The molecule has 0 saturated carbocycles. The van der Waals surface area contributed by atoms with Gasteiger partial charge in [-0.15, -0.1) is 6.42 Å². The summed E-state index contributed by atoms with van der Waals surface area (Å²) in [5, 5.41) is 2.50. The second kappa shape index (κ2) is 11.9. The Morgan fingerprint density at radius 2 is 1.91 bits per heavy atom. The van der Waals surface area contributed by atoms with E-state index < -0.39 is 46.7 Å². The highest BCUT2D eigenvalue weighted by Gasteiger charge is 2.38. The van der Waals surface area contributed by atoms with Crippen LogP contribution in [0.15, 0.2) is 12.1 Å². The topological polar surface area (TPSA) is 67.9 Å². The van der Waals surface area contributed by atoms with Crippen LogP contribution in [0.3, 0.4) is 0 Å². The van der Waals surface area contributed by atoms with Gasteiger partial charge in [0.25, 0.3) is 0 Å². The average molecular weight is 469 g/mol. The lowest BCUT2D eigenvalue weighted by Crippen LogP contribution is -2.55. The minimum atomic E-state index is -1.28. The number of piperidine rings is 1. The first kappa shape index (κ1) is 26.5. The molecule has 182 valence electrons. The van der Waals surface area contributed by atoms with E-state index in [9.17, 15) is 22.8 Å². The van der Waals surface area contributed by atoms with Crippen molar-refractivity contribution >= 4 is 12.0 Å². The van der Waals surface area contributed by atoms with Crippen molar-refractivity contribution in [2.75, 3.05) is 26.3 Å². The molecule has 33 heavy (non-hydrogen) atoms. The van der Waals surface area contributed by atoms with Gasteiger partial charge in [0, 0.05) is 31.2 Å². The summed E-state index contributed by atoms with van der Waals surface area (Å²) in [6, 6.07) is 0.527. The molecule has 9 heteroatoms. The van der Waals surface area contributed by atoms with E-state index in [1.54, 1.807) is 20.8 Å².